The Bertz CT molecular complexity index is 509. The van der Waals surface area contributed by atoms with Crippen LogP contribution >= 0.6 is 0 Å². The first kappa shape index (κ1) is 13.0. The molecule has 0 aromatic heterocycles. The number of nitriles is 1. The zero-order valence-corrected chi connectivity index (χ0v) is 11.4. The Labute approximate surface area is 118 Å². The molecule has 1 aromatic rings. The van der Waals surface area contributed by atoms with Crippen molar-refractivity contribution < 1.29 is 9.53 Å². The van der Waals surface area contributed by atoms with E-state index in [1.165, 1.54) is 0 Å². The minimum Gasteiger partial charge on any atom is -0.445 e. The molecule has 4 heteroatoms. The van der Waals surface area contributed by atoms with Gasteiger partial charge in [0.05, 0.1) is 6.07 Å². The molecule has 0 radical (unpaired) electrons. The molecule has 0 N–H and O–H groups in total. The van der Waals surface area contributed by atoms with Crippen molar-refractivity contribution in [3.8, 4) is 6.07 Å². The SMILES string of the molecule is N#CC1CC2CN(C(=O)OCc3ccccc3)CC2C1. The first-order valence-corrected chi connectivity index (χ1v) is 7.11. The van der Waals surface area contributed by atoms with Crippen LogP contribution in [-0.2, 0) is 11.3 Å². The third-order valence-electron chi connectivity index (χ3n) is 4.40. The number of amides is 1. The molecule has 1 aromatic carbocycles. The summed E-state index contributed by atoms with van der Waals surface area (Å²) in [7, 11) is 0. The van der Waals surface area contributed by atoms with E-state index in [4.69, 9.17) is 10.00 Å². The summed E-state index contributed by atoms with van der Waals surface area (Å²) in [6, 6.07) is 12.1. The maximum absolute atomic E-state index is 12.0. The van der Waals surface area contributed by atoms with Crippen LogP contribution in [-0.4, -0.2) is 24.1 Å². The minimum atomic E-state index is -0.225. The van der Waals surface area contributed by atoms with Crippen LogP contribution in [0, 0.1) is 29.1 Å². The number of benzene rings is 1. The summed E-state index contributed by atoms with van der Waals surface area (Å²) in [6.45, 7) is 1.82. The number of hydrogen-bond acceptors (Lipinski definition) is 3. The zero-order valence-electron chi connectivity index (χ0n) is 11.4. The third kappa shape index (κ3) is 2.62. The van der Waals surface area contributed by atoms with Gasteiger partial charge in [0.25, 0.3) is 0 Å². The number of hydrogen-bond donors (Lipinski definition) is 0. The molecule has 2 unspecified atom stereocenters. The van der Waals surface area contributed by atoms with Gasteiger partial charge in [-0.2, -0.15) is 5.26 Å². The van der Waals surface area contributed by atoms with Gasteiger partial charge in [-0.05, 0) is 30.2 Å². The highest BCUT2D eigenvalue weighted by Crippen LogP contribution is 2.41. The standard InChI is InChI=1S/C16H18N2O2/c17-8-13-6-14-9-18(10-15(14)7-13)16(19)20-11-12-4-2-1-3-5-12/h1-5,13-15H,6-7,9-11H2. The van der Waals surface area contributed by atoms with Gasteiger partial charge in [0.1, 0.15) is 6.61 Å². The van der Waals surface area contributed by atoms with Crippen LogP contribution in [0.5, 0.6) is 0 Å². The van der Waals surface area contributed by atoms with Crippen LogP contribution in [0.15, 0.2) is 30.3 Å². The summed E-state index contributed by atoms with van der Waals surface area (Å²) in [5.41, 5.74) is 1.00. The summed E-state index contributed by atoms with van der Waals surface area (Å²) >= 11 is 0. The Morgan fingerprint density at radius 3 is 2.50 bits per heavy atom. The average molecular weight is 270 g/mol. The van der Waals surface area contributed by atoms with Crippen LogP contribution in [0.3, 0.4) is 0 Å². The molecule has 3 rings (SSSR count). The third-order valence-corrected chi connectivity index (χ3v) is 4.40. The molecular formula is C16H18N2O2. The van der Waals surface area contributed by atoms with Crippen LogP contribution in [0.2, 0.25) is 0 Å². The minimum absolute atomic E-state index is 0.187. The normalized spacial score (nSPS) is 27.9. The molecule has 1 saturated carbocycles. The molecule has 1 saturated heterocycles. The predicted molar refractivity (Wildman–Crippen MR) is 73.5 cm³/mol. The number of carbonyl (C=O) groups is 1. The molecule has 1 amide bonds. The van der Waals surface area contributed by atoms with Gasteiger partial charge in [-0.1, -0.05) is 30.3 Å². The van der Waals surface area contributed by atoms with E-state index in [-0.39, 0.29) is 12.0 Å². The number of rotatable bonds is 2. The predicted octanol–water partition coefficient (Wildman–Crippen LogP) is 2.80. The number of nitrogens with zero attached hydrogens (tertiary/aromatic N) is 2. The van der Waals surface area contributed by atoms with Gasteiger partial charge >= 0.3 is 6.09 Å². The summed E-state index contributed by atoms with van der Waals surface area (Å²) < 4.78 is 5.35. The summed E-state index contributed by atoms with van der Waals surface area (Å²) in [6.07, 6.45) is 1.64. The first-order chi connectivity index (χ1) is 9.76. The van der Waals surface area contributed by atoms with E-state index in [0.29, 0.717) is 18.4 Å². The molecule has 0 spiro atoms. The van der Waals surface area contributed by atoms with Gasteiger partial charge in [0.15, 0.2) is 0 Å². The van der Waals surface area contributed by atoms with Crippen LogP contribution in [0.1, 0.15) is 18.4 Å². The smallest absolute Gasteiger partial charge is 0.410 e. The highest BCUT2D eigenvalue weighted by Gasteiger charge is 2.42. The maximum Gasteiger partial charge on any atom is 0.410 e. The Morgan fingerprint density at radius 2 is 1.90 bits per heavy atom. The lowest BCUT2D eigenvalue weighted by Gasteiger charge is -2.17. The van der Waals surface area contributed by atoms with Crippen molar-refractivity contribution >= 4 is 6.09 Å². The molecule has 1 aliphatic carbocycles. The molecule has 4 nitrogen and oxygen atoms in total. The van der Waals surface area contributed by atoms with E-state index in [1.807, 2.05) is 30.3 Å². The van der Waals surface area contributed by atoms with Gasteiger partial charge in [-0.3, -0.25) is 0 Å². The topological polar surface area (TPSA) is 53.3 Å². The molecular weight excluding hydrogens is 252 g/mol. The fourth-order valence-electron chi connectivity index (χ4n) is 3.37. The maximum atomic E-state index is 12.0. The Kier molecular flexibility index (Phi) is 3.60. The molecule has 2 aliphatic rings. The van der Waals surface area contributed by atoms with E-state index in [1.54, 1.807) is 4.90 Å². The van der Waals surface area contributed by atoms with Crippen molar-refractivity contribution in [3.05, 3.63) is 35.9 Å². The van der Waals surface area contributed by atoms with Gasteiger partial charge in [-0.25, -0.2) is 4.79 Å². The quantitative estimate of drug-likeness (QED) is 0.830. The van der Waals surface area contributed by atoms with Crippen LogP contribution in [0.4, 0.5) is 4.79 Å². The van der Waals surface area contributed by atoms with E-state index < -0.39 is 0 Å². The molecule has 104 valence electrons. The van der Waals surface area contributed by atoms with Crippen molar-refractivity contribution in [3.63, 3.8) is 0 Å². The molecule has 1 aliphatic heterocycles. The van der Waals surface area contributed by atoms with Crippen LogP contribution < -0.4 is 0 Å². The van der Waals surface area contributed by atoms with Gasteiger partial charge < -0.3 is 9.64 Å². The number of fused-ring (bicyclic) bond motifs is 1. The highest BCUT2D eigenvalue weighted by atomic mass is 16.6. The highest BCUT2D eigenvalue weighted by molar-refractivity contribution is 5.68. The van der Waals surface area contributed by atoms with E-state index in [0.717, 1.165) is 31.5 Å². The number of carbonyl (C=O) groups excluding carboxylic acids is 1. The lowest BCUT2D eigenvalue weighted by Crippen LogP contribution is -2.30. The van der Waals surface area contributed by atoms with Gasteiger partial charge in [0.2, 0.25) is 0 Å². The Morgan fingerprint density at radius 1 is 1.25 bits per heavy atom. The lowest BCUT2D eigenvalue weighted by atomic mass is 10.0. The zero-order chi connectivity index (χ0) is 13.9. The van der Waals surface area contributed by atoms with E-state index in [2.05, 4.69) is 6.07 Å². The van der Waals surface area contributed by atoms with E-state index >= 15 is 0 Å². The Balaban J connectivity index is 1.50. The average Bonchev–Trinajstić information content (AvgIpc) is 3.04. The molecule has 2 fully saturated rings. The van der Waals surface area contributed by atoms with Gasteiger partial charge in [-0.15, -0.1) is 0 Å². The second kappa shape index (κ2) is 5.54. The van der Waals surface area contributed by atoms with Gasteiger partial charge in [0, 0.05) is 19.0 Å². The second-order valence-corrected chi connectivity index (χ2v) is 5.76. The molecule has 0 bridgehead atoms. The summed E-state index contributed by atoms with van der Waals surface area (Å²) in [4.78, 5) is 13.8. The van der Waals surface area contributed by atoms with Crippen molar-refractivity contribution in [1.82, 2.24) is 4.90 Å². The van der Waals surface area contributed by atoms with Crippen molar-refractivity contribution in [2.45, 2.75) is 19.4 Å². The fourth-order valence-corrected chi connectivity index (χ4v) is 3.37. The number of ether oxygens (including phenoxy) is 1. The largest absolute Gasteiger partial charge is 0.445 e. The lowest BCUT2D eigenvalue weighted by molar-refractivity contribution is 0.101. The van der Waals surface area contributed by atoms with Crippen molar-refractivity contribution in [2.75, 3.05) is 13.1 Å². The molecule has 2 atom stereocenters. The van der Waals surface area contributed by atoms with Crippen molar-refractivity contribution in [1.29, 1.82) is 5.26 Å². The van der Waals surface area contributed by atoms with E-state index in [9.17, 15) is 4.79 Å². The monoisotopic (exact) mass is 270 g/mol. The second-order valence-electron chi connectivity index (χ2n) is 5.76. The number of likely N-dealkylation sites (tertiary alicyclic amines) is 1. The molecule has 20 heavy (non-hydrogen) atoms. The first-order valence-electron chi connectivity index (χ1n) is 7.11. The summed E-state index contributed by atoms with van der Waals surface area (Å²) in [5, 5.41) is 8.95. The fraction of sp³-hybridized carbons (Fsp3) is 0.500. The van der Waals surface area contributed by atoms with Crippen molar-refractivity contribution in [2.24, 2.45) is 17.8 Å². The Hall–Kier alpha value is -2.02. The summed E-state index contributed by atoms with van der Waals surface area (Å²) in [5.74, 6) is 1.17. The van der Waals surface area contributed by atoms with Crippen LogP contribution in [0.25, 0.3) is 0 Å². The molecule has 1 heterocycles.